The summed E-state index contributed by atoms with van der Waals surface area (Å²) in [4.78, 5) is 0. The number of allylic oxidation sites excluding steroid dienone is 1. The molecule has 0 unspecified atom stereocenters. The maximum absolute atomic E-state index is 3.39. The molecular formula is C24H24. The van der Waals surface area contributed by atoms with Crippen LogP contribution in [0.15, 0.2) is 66.4 Å². The maximum atomic E-state index is 3.39. The van der Waals surface area contributed by atoms with Crippen LogP contribution >= 0.6 is 0 Å². The molecule has 0 heteroatoms. The molecule has 2 aromatic carbocycles. The molecule has 1 aliphatic rings. The van der Waals surface area contributed by atoms with Crippen molar-refractivity contribution in [1.82, 2.24) is 0 Å². The molecule has 2 atom stereocenters. The zero-order valence-electron chi connectivity index (χ0n) is 14.3. The smallest absolute Gasteiger partial charge is 0.0323 e. The lowest BCUT2D eigenvalue weighted by atomic mass is 10.1. The Morgan fingerprint density at radius 2 is 1.83 bits per heavy atom. The molecule has 0 aliphatic heterocycles. The van der Waals surface area contributed by atoms with E-state index in [0.717, 1.165) is 17.5 Å². The van der Waals surface area contributed by atoms with Crippen molar-refractivity contribution in [3.05, 3.63) is 83.1 Å². The monoisotopic (exact) mass is 312 g/mol. The Bertz CT molecular complexity index is 780. The molecule has 2 aromatic rings. The Balaban J connectivity index is 1.66. The minimum Gasteiger partial charge on any atom is -0.124 e. The zero-order valence-corrected chi connectivity index (χ0v) is 14.3. The van der Waals surface area contributed by atoms with E-state index < -0.39 is 0 Å². The molecule has 0 heterocycles. The maximum Gasteiger partial charge on any atom is 0.0323 e. The summed E-state index contributed by atoms with van der Waals surface area (Å²) in [6.45, 7) is 2.20. The standard InChI is InChI=1S/C24H24/c1-2-3-4-6-12-20-13-9-10-14-21(20)17-11-18-23-19-24(23)22-15-7-5-8-16-22/h5,7-10,13-18,23-24H,2-4,19H2,1H3/t11?,23-,24+/m1/s1. The highest BCUT2D eigenvalue weighted by molar-refractivity contribution is 5.58. The Kier molecular flexibility index (Phi) is 5.73. The van der Waals surface area contributed by atoms with Gasteiger partial charge in [0.2, 0.25) is 0 Å². The summed E-state index contributed by atoms with van der Waals surface area (Å²) >= 11 is 0. The molecule has 0 radical (unpaired) electrons. The average molecular weight is 312 g/mol. The fourth-order valence-electron chi connectivity index (χ4n) is 2.90. The van der Waals surface area contributed by atoms with Gasteiger partial charge < -0.3 is 0 Å². The van der Waals surface area contributed by atoms with Crippen LogP contribution in [0.5, 0.6) is 0 Å². The second-order valence-corrected chi connectivity index (χ2v) is 6.39. The first-order chi connectivity index (χ1) is 11.9. The largest absolute Gasteiger partial charge is 0.124 e. The lowest BCUT2D eigenvalue weighted by Crippen LogP contribution is -1.81. The van der Waals surface area contributed by atoms with Crippen molar-refractivity contribution >= 4 is 6.08 Å². The van der Waals surface area contributed by atoms with Crippen LogP contribution in [0.3, 0.4) is 0 Å². The van der Waals surface area contributed by atoms with Gasteiger partial charge in [-0.05, 0) is 54.0 Å². The third kappa shape index (κ3) is 4.51. The summed E-state index contributed by atoms with van der Waals surface area (Å²) in [6, 6.07) is 19.1. The van der Waals surface area contributed by atoms with Gasteiger partial charge in [-0.2, -0.15) is 0 Å². The minimum absolute atomic E-state index is 0.631. The van der Waals surface area contributed by atoms with E-state index in [-0.39, 0.29) is 0 Å². The molecule has 24 heavy (non-hydrogen) atoms. The predicted molar refractivity (Wildman–Crippen MR) is 103 cm³/mol. The number of hydrogen-bond acceptors (Lipinski definition) is 0. The molecule has 0 amide bonds. The lowest BCUT2D eigenvalue weighted by molar-refractivity contribution is 0.828. The van der Waals surface area contributed by atoms with E-state index in [1.807, 2.05) is 0 Å². The van der Waals surface area contributed by atoms with Crippen molar-refractivity contribution < 1.29 is 0 Å². The zero-order chi connectivity index (χ0) is 16.6. The van der Waals surface area contributed by atoms with Crippen molar-refractivity contribution in [3.63, 3.8) is 0 Å². The SMILES string of the molecule is CCCCC#Cc1ccccc1C=C=C[C@@H]1C[C@H]1c1ccccc1. The van der Waals surface area contributed by atoms with Crippen molar-refractivity contribution in [2.24, 2.45) is 5.92 Å². The molecule has 0 N–H and O–H groups in total. The van der Waals surface area contributed by atoms with Gasteiger partial charge in [0.05, 0.1) is 0 Å². The highest BCUT2D eigenvalue weighted by Gasteiger charge is 2.35. The lowest BCUT2D eigenvalue weighted by Gasteiger charge is -1.96. The Hall–Kier alpha value is -2.48. The van der Waals surface area contributed by atoms with Crippen molar-refractivity contribution in [2.75, 3.05) is 0 Å². The summed E-state index contributed by atoms with van der Waals surface area (Å²) in [5.74, 6) is 7.88. The first kappa shape index (κ1) is 16.4. The first-order valence-electron chi connectivity index (χ1n) is 8.94. The normalized spacial score (nSPS) is 18.0. The molecule has 0 spiro atoms. The molecule has 1 saturated carbocycles. The molecule has 1 aliphatic carbocycles. The third-order valence-electron chi connectivity index (χ3n) is 4.46. The van der Waals surface area contributed by atoms with Crippen LogP contribution in [0.2, 0.25) is 0 Å². The fraction of sp³-hybridized carbons (Fsp3) is 0.292. The van der Waals surface area contributed by atoms with Crippen LogP contribution in [0.4, 0.5) is 0 Å². The van der Waals surface area contributed by atoms with E-state index in [9.17, 15) is 0 Å². The summed E-state index contributed by atoms with van der Waals surface area (Å²) < 4.78 is 0. The number of benzene rings is 2. The van der Waals surface area contributed by atoms with Crippen LogP contribution in [0.25, 0.3) is 6.08 Å². The van der Waals surface area contributed by atoms with Gasteiger partial charge in [-0.15, -0.1) is 5.73 Å². The summed E-state index contributed by atoms with van der Waals surface area (Å²) in [6.07, 6.45) is 8.88. The van der Waals surface area contributed by atoms with Gasteiger partial charge in [0.1, 0.15) is 0 Å². The van der Waals surface area contributed by atoms with E-state index in [1.54, 1.807) is 0 Å². The molecule has 3 rings (SSSR count). The molecule has 0 bridgehead atoms. The molecule has 120 valence electrons. The van der Waals surface area contributed by atoms with Crippen LogP contribution in [-0.2, 0) is 0 Å². The highest BCUT2D eigenvalue weighted by Crippen LogP contribution is 2.48. The van der Waals surface area contributed by atoms with Gasteiger partial charge in [-0.25, -0.2) is 0 Å². The number of rotatable bonds is 5. The second-order valence-electron chi connectivity index (χ2n) is 6.39. The first-order valence-corrected chi connectivity index (χ1v) is 8.94. The molecule has 0 nitrogen and oxygen atoms in total. The van der Waals surface area contributed by atoms with Crippen LogP contribution in [-0.4, -0.2) is 0 Å². The Morgan fingerprint density at radius 3 is 2.67 bits per heavy atom. The van der Waals surface area contributed by atoms with Gasteiger partial charge in [0.25, 0.3) is 0 Å². The fourth-order valence-corrected chi connectivity index (χ4v) is 2.90. The number of unbranched alkanes of at least 4 members (excludes halogenated alkanes) is 2. The van der Waals surface area contributed by atoms with E-state index in [0.29, 0.717) is 11.8 Å². The molecular weight excluding hydrogens is 288 g/mol. The van der Waals surface area contributed by atoms with Gasteiger partial charge in [0, 0.05) is 12.0 Å². The van der Waals surface area contributed by atoms with Crippen LogP contribution < -0.4 is 0 Å². The Labute approximate surface area is 145 Å². The van der Waals surface area contributed by atoms with E-state index in [2.05, 4.69) is 91.2 Å². The molecule has 1 fully saturated rings. The minimum atomic E-state index is 0.631. The number of hydrogen-bond donors (Lipinski definition) is 0. The Morgan fingerprint density at radius 1 is 1.04 bits per heavy atom. The van der Waals surface area contributed by atoms with E-state index in [1.165, 1.54) is 24.8 Å². The quantitative estimate of drug-likeness (QED) is 0.350. The van der Waals surface area contributed by atoms with E-state index in [4.69, 9.17) is 0 Å². The van der Waals surface area contributed by atoms with E-state index >= 15 is 0 Å². The van der Waals surface area contributed by atoms with Crippen LogP contribution in [0.1, 0.15) is 55.2 Å². The second kappa shape index (κ2) is 8.39. The van der Waals surface area contributed by atoms with Crippen molar-refractivity contribution in [3.8, 4) is 11.8 Å². The van der Waals surface area contributed by atoms with Crippen LogP contribution in [0, 0.1) is 17.8 Å². The summed E-state index contributed by atoms with van der Waals surface area (Å²) in [5.41, 5.74) is 7.10. The average Bonchev–Trinajstić information content (AvgIpc) is 3.40. The van der Waals surface area contributed by atoms with Crippen molar-refractivity contribution in [1.29, 1.82) is 0 Å². The predicted octanol–water partition coefficient (Wildman–Crippen LogP) is 6.20. The highest BCUT2D eigenvalue weighted by atomic mass is 14.4. The molecule has 0 saturated heterocycles. The van der Waals surface area contributed by atoms with Crippen molar-refractivity contribution in [2.45, 2.75) is 38.5 Å². The van der Waals surface area contributed by atoms with Gasteiger partial charge in [0.15, 0.2) is 0 Å². The topological polar surface area (TPSA) is 0 Å². The third-order valence-corrected chi connectivity index (χ3v) is 4.46. The van der Waals surface area contributed by atoms with Gasteiger partial charge >= 0.3 is 0 Å². The van der Waals surface area contributed by atoms with Gasteiger partial charge in [-0.1, -0.05) is 73.7 Å². The summed E-state index contributed by atoms with van der Waals surface area (Å²) in [5, 5.41) is 0. The van der Waals surface area contributed by atoms with Gasteiger partial charge in [-0.3, -0.25) is 0 Å². The summed E-state index contributed by atoms with van der Waals surface area (Å²) in [7, 11) is 0. The molecule has 0 aromatic heterocycles.